The minimum Gasteiger partial charge on any atom is -0.351 e. The summed E-state index contributed by atoms with van der Waals surface area (Å²) in [7, 11) is 0. The first-order chi connectivity index (χ1) is 9.18. The number of amides is 1. The van der Waals surface area contributed by atoms with E-state index in [-0.39, 0.29) is 11.9 Å². The minimum absolute atomic E-state index is 0.0674. The summed E-state index contributed by atoms with van der Waals surface area (Å²) in [6.07, 6.45) is 0.695. The van der Waals surface area contributed by atoms with Crippen molar-refractivity contribution in [2.45, 2.75) is 19.4 Å². The number of rotatable bonds is 5. The lowest BCUT2D eigenvalue weighted by Gasteiger charge is -2.12. The van der Waals surface area contributed by atoms with E-state index in [0.717, 1.165) is 17.1 Å². The van der Waals surface area contributed by atoms with Crippen LogP contribution in [0.1, 0.15) is 33.4 Å². The van der Waals surface area contributed by atoms with E-state index in [4.69, 9.17) is 5.73 Å². The Morgan fingerprint density at radius 1 is 1.42 bits per heavy atom. The molecule has 0 bridgehead atoms. The van der Waals surface area contributed by atoms with Gasteiger partial charge in [0, 0.05) is 12.6 Å². The standard InChI is InChI=1S/C13H16N4OS/c1-9-12(19-17-16-9)13(18)15-8-7-11(14)10-5-3-2-4-6-10/h2-6,11H,7-8,14H2,1H3,(H,15,18). The highest BCUT2D eigenvalue weighted by atomic mass is 32.1. The van der Waals surface area contributed by atoms with Crippen LogP contribution in [-0.4, -0.2) is 22.0 Å². The Morgan fingerprint density at radius 3 is 2.79 bits per heavy atom. The van der Waals surface area contributed by atoms with Gasteiger partial charge in [0.25, 0.3) is 5.91 Å². The van der Waals surface area contributed by atoms with Crippen molar-refractivity contribution in [2.75, 3.05) is 6.54 Å². The van der Waals surface area contributed by atoms with Crippen molar-refractivity contribution >= 4 is 17.4 Å². The number of nitrogens with one attached hydrogen (secondary N) is 1. The van der Waals surface area contributed by atoms with E-state index in [1.165, 1.54) is 0 Å². The quantitative estimate of drug-likeness (QED) is 0.870. The summed E-state index contributed by atoms with van der Waals surface area (Å²) in [5, 5.41) is 6.65. The summed E-state index contributed by atoms with van der Waals surface area (Å²) in [5.74, 6) is -0.132. The first-order valence-electron chi connectivity index (χ1n) is 6.06. The van der Waals surface area contributed by atoms with E-state index >= 15 is 0 Å². The number of nitrogens with zero attached hydrogens (tertiary/aromatic N) is 2. The van der Waals surface area contributed by atoms with Gasteiger partial charge in [0.15, 0.2) is 0 Å². The third-order valence-corrected chi connectivity index (χ3v) is 3.65. The monoisotopic (exact) mass is 276 g/mol. The number of nitrogens with two attached hydrogens (primary N) is 1. The largest absolute Gasteiger partial charge is 0.351 e. The second-order valence-electron chi connectivity index (χ2n) is 4.25. The van der Waals surface area contributed by atoms with Crippen molar-refractivity contribution in [2.24, 2.45) is 5.73 Å². The van der Waals surface area contributed by atoms with Crippen LogP contribution < -0.4 is 11.1 Å². The van der Waals surface area contributed by atoms with Crippen LogP contribution >= 0.6 is 11.5 Å². The van der Waals surface area contributed by atoms with Crippen LogP contribution in [0.3, 0.4) is 0 Å². The van der Waals surface area contributed by atoms with Gasteiger partial charge in [-0.05, 0) is 30.4 Å². The third-order valence-electron chi connectivity index (χ3n) is 2.83. The first kappa shape index (κ1) is 13.6. The van der Waals surface area contributed by atoms with E-state index in [0.29, 0.717) is 23.5 Å². The van der Waals surface area contributed by atoms with Crippen molar-refractivity contribution in [1.82, 2.24) is 14.9 Å². The highest BCUT2D eigenvalue weighted by Gasteiger charge is 2.13. The Bertz CT molecular complexity index is 541. The second-order valence-corrected chi connectivity index (χ2v) is 5.00. The predicted octanol–water partition coefficient (Wildman–Crippen LogP) is 1.67. The highest BCUT2D eigenvalue weighted by Crippen LogP contribution is 2.13. The molecule has 5 nitrogen and oxygen atoms in total. The predicted molar refractivity (Wildman–Crippen MR) is 75.0 cm³/mol. The molecular weight excluding hydrogens is 260 g/mol. The Hall–Kier alpha value is -1.79. The van der Waals surface area contributed by atoms with Gasteiger partial charge >= 0.3 is 0 Å². The SMILES string of the molecule is Cc1nnsc1C(=O)NCCC(N)c1ccccc1. The molecule has 0 spiro atoms. The van der Waals surface area contributed by atoms with Crippen LogP contribution in [0.5, 0.6) is 0 Å². The first-order valence-corrected chi connectivity index (χ1v) is 6.83. The van der Waals surface area contributed by atoms with Gasteiger partial charge in [-0.3, -0.25) is 4.79 Å². The highest BCUT2D eigenvalue weighted by molar-refractivity contribution is 7.07. The number of aromatic nitrogens is 2. The average molecular weight is 276 g/mol. The number of hydrogen-bond donors (Lipinski definition) is 2. The zero-order valence-corrected chi connectivity index (χ0v) is 11.5. The number of aryl methyl sites for hydroxylation is 1. The minimum atomic E-state index is -0.132. The zero-order valence-electron chi connectivity index (χ0n) is 10.7. The smallest absolute Gasteiger partial charge is 0.264 e. The molecule has 1 aromatic heterocycles. The Morgan fingerprint density at radius 2 is 2.16 bits per heavy atom. The molecule has 3 N–H and O–H groups in total. The lowest BCUT2D eigenvalue weighted by Crippen LogP contribution is -2.27. The molecule has 0 aliphatic carbocycles. The third kappa shape index (κ3) is 3.59. The second kappa shape index (κ2) is 6.40. The fraction of sp³-hybridized carbons (Fsp3) is 0.308. The Kier molecular flexibility index (Phi) is 4.59. The van der Waals surface area contributed by atoms with Crippen LogP contribution in [0.25, 0.3) is 0 Å². The van der Waals surface area contributed by atoms with Gasteiger partial charge in [0.05, 0.1) is 5.69 Å². The van der Waals surface area contributed by atoms with E-state index in [1.54, 1.807) is 6.92 Å². The van der Waals surface area contributed by atoms with E-state index < -0.39 is 0 Å². The maximum atomic E-state index is 11.8. The molecule has 2 rings (SSSR count). The summed E-state index contributed by atoms with van der Waals surface area (Å²) in [4.78, 5) is 12.4. The summed E-state index contributed by atoms with van der Waals surface area (Å²) in [6, 6.07) is 9.79. The summed E-state index contributed by atoms with van der Waals surface area (Å²) >= 11 is 1.11. The van der Waals surface area contributed by atoms with Crippen molar-refractivity contribution < 1.29 is 4.79 Å². The van der Waals surface area contributed by atoms with Gasteiger partial charge in [-0.25, -0.2) is 0 Å². The molecule has 1 atom stereocenters. The molecule has 0 saturated heterocycles. The molecule has 1 amide bonds. The number of benzene rings is 1. The van der Waals surface area contributed by atoms with Gasteiger partial charge in [0.1, 0.15) is 4.88 Å². The molecule has 0 aliphatic rings. The van der Waals surface area contributed by atoms with Crippen LogP contribution in [0, 0.1) is 6.92 Å². The molecule has 0 fully saturated rings. The number of carbonyl (C=O) groups excluding carboxylic acids is 1. The lowest BCUT2D eigenvalue weighted by molar-refractivity contribution is 0.0956. The van der Waals surface area contributed by atoms with Crippen molar-refractivity contribution in [3.05, 3.63) is 46.5 Å². The van der Waals surface area contributed by atoms with E-state index in [2.05, 4.69) is 14.9 Å². The van der Waals surface area contributed by atoms with Gasteiger partial charge in [-0.2, -0.15) is 0 Å². The van der Waals surface area contributed by atoms with Crippen molar-refractivity contribution in [3.63, 3.8) is 0 Å². The van der Waals surface area contributed by atoms with Gasteiger partial charge in [0.2, 0.25) is 0 Å². The molecule has 0 radical (unpaired) electrons. The molecule has 1 aromatic carbocycles. The fourth-order valence-corrected chi connectivity index (χ4v) is 2.30. The molecule has 0 aliphatic heterocycles. The Balaban J connectivity index is 1.81. The Labute approximate surface area is 116 Å². The molecule has 6 heteroatoms. The van der Waals surface area contributed by atoms with Gasteiger partial charge in [-0.1, -0.05) is 34.8 Å². The molecular formula is C13H16N4OS. The molecule has 100 valence electrons. The normalized spacial score (nSPS) is 12.1. The average Bonchev–Trinajstić information content (AvgIpc) is 2.86. The maximum Gasteiger partial charge on any atom is 0.264 e. The maximum absolute atomic E-state index is 11.8. The topological polar surface area (TPSA) is 80.9 Å². The molecule has 1 unspecified atom stereocenters. The number of carbonyl (C=O) groups is 1. The van der Waals surface area contributed by atoms with Gasteiger partial charge < -0.3 is 11.1 Å². The summed E-state index contributed by atoms with van der Waals surface area (Å²) in [6.45, 7) is 2.31. The molecule has 19 heavy (non-hydrogen) atoms. The van der Waals surface area contributed by atoms with E-state index in [9.17, 15) is 4.79 Å². The molecule has 1 heterocycles. The van der Waals surface area contributed by atoms with Crippen molar-refractivity contribution in [1.29, 1.82) is 0 Å². The molecule has 2 aromatic rings. The lowest BCUT2D eigenvalue weighted by atomic mass is 10.1. The van der Waals surface area contributed by atoms with Crippen LogP contribution in [-0.2, 0) is 0 Å². The van der Waals surface area contributed by atoms with Crippen LogP contribution in [0.15, 0.2) is 30.3 Å². The number of hydrogen-bond acceptors (Lipinski definition) is 5. The fourth-order valence-electron chi connectivity index (χ4n) is 1.73. The molecule has 0 saturated carbocycles. The van der Waals surface area contributed by atoms with Crippen LogP contribution in [0.4, 0.5) is 0 Å². The zero-order chi connectivity index (χ0) is 13.7. The van der Waals surface area contributed by atoms with Crippen molar-refractivity contribution in [3.8, 4) is 0 Å². The summed E-state index contributed by atoms with van der Waals surface area (Å²) in [5.41, 5.74) is 7.79. The summed E-state index contributed by atoms with van der Waals surface area (Å²) < 4.78 is 3.74. The van der Waals surface area contributed by atoms with E-state index in [1.807, 2.05) is 30.3 Å². The van der Waals surface area contributed by atoms with Gasteiger partial charge in [-0.15, -0.1) is 5.10 Å². The van der Waals surface area contributed by atoms with Crippen LogP contribution in [0.2, 0.25) is 0 Å².